The molecule has 0 unspecified atom stereocenters. The standard InChI is InChI=1S/C27H26FN3/c1-2-31-25(11-7-17-30-24-15-13-23(28)14-16-24)18-26-22(10-6-12-27(26)31)20-29-19-21-8-4-3-5-9-21/h3-6,8-10,12-16,18,29-30H,2,17,19-20H2,1H3. The van der Waals surface area contributed by atoms with E-state index in [0.29, 0.717) is 6.54 Å². The molecule has 4 aromatic rings. The van der Waals surface area contributed by atoms with Gasteiger partial charge in [0.15, 0.2) is 0 Å². The highest BCUT2D eigenvalue weighted by Gasteiger charge is 2.09. The fourth-order valence-electron chi connectivity index (χ4n) is 3.73. The Balaban J connectivity index is 1.48. The summed E-state index contributed by atoms with van der Waals surface area (Å²) in [6.45, 7) is 5.15. The molecule has 0 saturated carbocycles. The van der Waals surface area contributed by atoms with Crippen LogP contribution in [-0.2, 0) is 19.6 Å². The van der Waals surface area contributed by atoms with Crippen LogP contribution < -0.4 is 10.6 Å². The van der Waals surface area contributed by atoms with Crippen molar-refractivity contribution in [3.63, 3.8) is 0 Å². The molecule has 3 aromatic carbocycles. The predicted molar refractivity (Wildman–Crippen MR) is 126 cm³/mol. The van der Waals surface area contributed by atoms with Crippen molar-refractivity contribution in [1.82, 2.24) is 9.88 Å². The van der Waals surface area contributed by atoms with Gasteiger partial charge in [-0.15, -0.1) is 0 Å². The van der Waals surface area contributed by atoms with Crippen LogP contribution in [0, 0.1) is 17.7 Å². The van der Waals surface area contributed by atoms with E-state index in [9.17, 15) is 4.39 Å². The largest absolute Gasteiger partial charge is 0.374 e. The summed E-state index contributed by atoms with van der Waals surface area (Å²) in [5.41, 5.74) is 5.62. The second kappa shape index (κ2) is 9.97. The van der Waals surface area contributed by atoms with Crippen molar-refractivity contribution >= 4 is 16.6 Å². The van der Waals surface area contributed by atoms with Crippen molar-refractivity contribution in [2.45, 2.75) is 26.6 Å². The van der Waals surface area contributed by atoms with Crippen LogP contribution in [0.25, 0.3) is 10.9 Å². The number of aromatic nitrogens is 1. The molecule has 0 spiro atoms. The summed E-state index contributed by atoms with van der Waals surface area (Å²) in [6.07, 6.45) is 0. The molecule has 0 aliphatic carbocycles. The molecule has 3 nitrogen and oxygen atoms in total. The number of hydrogen-bond acceptors (Lipinski definition) is 2. The summed E-state index contributed by atoms with van der Waals surface area (Å²) in [5.74, 6) is 6.26. The summed E-state index contributed by atoms with van der Waals surface area (Å²) in [4.78, 5) is 0. The quantitative estimate of drug-likeness (QED) is 0.390. The number of benzene rings is 3. The Morgan fingerprint density at radius 2 is 1.71 bits per heavy atom. The molecule has 31 heavy (non-hydrogen) atoms. The highest BCUT2D eigenvalue weighted by atomic mass is 19.1. The summed E-state index contributed by atoms with van der Waals surface area (Å²) in [7, 11) is 0. The van der Waals surface area contributed by atoms with Crippen molar-refractivity contribution < 1.29 is 4.39 Å². The first-order chi connectivity index (χ1) is 15.2. The first kappa shape index (κ1) is 20.7. The van der Waals surface area contributed by atoms with E-state index < -0.39 is 0 Å². The third-order valence-electron chi connectivity index (χ3n) is 5.28. The van der Waals surface area contributed by atoms with E-state index in [1.165, 1.54) is 34.2 Å². The Hall–Kier alpha value is -3.55. The second-order valence-electron chi connectivity index (χ2n) is 7.38. The van der Waals surface area contributed by atoms with Gasteiger partial charge in [-0.1, -0.05) is 48.4 Å². The normalized spacial score (nSPS) is 10.6. The third-order valence-corrected chi connectivity index (χ3v) is 5.28. The van der Waals surface area contributed by atoms with Gasteiger partial charge in [0.05, 0.1) is 12.2 Å². The van der Waals surface area contributed by atoms with Gasteiger partial charge in [0, 0.05) is 36.2 Å². The first-order valence-corrected chi connectivity index (χ1v) is 10.6. The Morgan fingerprint density at radius 1 is 0.903 bits per heavy atom. The van der Waals surface area contributed by atoms with Gasteiger partial charge in [0.1, 0.15) is 5.82 Å². The van der Waals surface area contributed by atoms with Crippen molar-refractivity contribution in [1.29, 1.82) is 0 Å². The number of hydrogen-bond donors (Lipinski definition) is 2. The molecule has 0 amide bonds. The minimum absolute atomic E-state index is 0.238. The Bertz CT molecular complexity index is 1200. The Labute approximate surface area is 182 Å². The Kier molecular flexibility index (Phi) is 6.66. The van der Waals surface area contributed by atoms with Crippen LogP contribution in [0.3, 0.4) is 0 Å². The topological polar surface area (TPSA) is 29.0 Å². The fourth-order valence-corrected chi connectivity index (χ4v) is 3.73. The lowest BCUT2D eigenvalue weighted by molar-refractivity contribution is 0.628. The monoisotopic (exact) mass is 411 g/mol. The van der Waals surface area contributed by atoms with Gasteiger partial charge < -0.3 is 15.2 Å². The summed E-state index contributed by atoms with van der Waals surface area (Å²) >= 11 is 0. The SMILES string of the molecule is CCn1c(C#CCNc2ccc(F)cc2)cc2c(CNCc3ccccc3)cccc21. The van der Waals surface area contributed by atoms with Gasteiger partial charge in [-0.05, 0) is 60.4 Å². The fraction of sp³-hybridized carbons (Fsp3) is 0.185. The molecule has 0 aliphatic rings. The van der Waals surface area contributed by atoms with Gasteiger partial charge >= 0.3 is 0 Å². The lowest BCUT2D eigenvalue weighted by Crippen LogP contribution is -2.12. The molecule has 156 valence electrons. The number of anilines is 1. The van der Waals surface area contributed by atoms with Gasteiger partial charge in [0.2, 0.25) is 0 Å². The molecule has 4 rings (SSSR count). The van der Waals surface area contributed by atoms with Gasteiger partial charge in [-0.25, -0.2) is 4.39 Å². The third kappa shape index (κ3) is 5.14. The molecule has 0 atom stereocenters. The molecule has 1 aromatic heterocycles. The minimum atomic E-state index is -0.238. The van der Waals surface area contributed by atoms with Gasteiger partial charge in [-0.3, -0.25) is 0 Å². The van der Waals surface area contributed by atoms with Crippen molar-refractivity contribution in [2.75, 3.05) is 11.9 Å². The van der Waals surface area contributed by atoms with E-state index in [1.807, 2.05) is 6.07 Å². The maximum Gasteiger partial charge on any atom is 0.123 e. The first-order valence-electron chi connectivity index (χ1n) is 10.6. The lowest BCUT2D eigenvalue weighted by Gasteiger charge is -2.08. The van der Waals surface area contributed by atoms with E-state index in [1.54, 1.807) is 12.1 Å². The van der Waals surface area contributed by atoms with E-state index in [2.05, 4.69) is 82.5 Å². The van der Waals surface area contributed by atoms with Gasteiger partial charge in [-0.2, -0.15) is 0 Å². The summed E-state index contributed by atoms with van der Waals surface area (Å²) in [5, 5.41) is 7.99. The zero-order chi connectivity index (χ0) is 21.5. The number of nitrogens with one attached hydrogen (secondary N) is 2. The van der Waals surface area contributed by atoms with E-state index >= 15 is 0 Å². The number of aryl methyl sites for hydroxylation is 1. The Morgan fingerprint density at radius 3 is 2.48 bits per heavy atom. The molecule has 0 saturated heterocycles. The van der Waals surface area contributed by atoms with Crippen LogP contribution in [0.5, 0.6) is 0 Å². The van der Waals surface area contributed by atoms with Crippen LogP contribution in [-0.4, -0.2) is 11.1 Å². The van der Waals surface area contributed by atoms with Crippen LogP contribution in [0.1, 0.15) is 23.7 Å². The summed E-state index contributed by atoms with van der Waals surface area (Å²) < 4.78 is 15.3. The maximum absolute atomic E-state index is 13.0. The van der Waals surface area contributed by atoms with E-state index in [-0.39, 0.29) is 5.82 Å². The molecule has 4 heteroatoms. The number of halogens is 1. The average molecular weight is 412 g/mol. The predicted octanol–water partition coefficient (Wildman–Crippen LogP) is 5.55. The molecule has 0 fully saturated rings. The van der Waals surface area contributed by atoms with Crippen LogP contribution >= 0.6 is 0 Å². The average Bonchev–Trinajstić information content (AvgIpc) is 3.17. The van der Waals surface area contributed by atoms with Crippen molar-refractivity contribution in [3.8, 4) is 11.8 Å². The van der Waals surface area contributed by atoms with Crippen molar-refractivity contribution in [2.24, 2.45) is 0 Å². The lowest BCUT2D eigenvalue weighted by atomic mass is 10.1. The zero-order valence-corrected chi connectivity index (χ0v) is 17.7. The van der Waals surface area contributed by atoms with E-state index in [4.69, 9.17) is 0 Å². The van der Waals surface area contributed by atoms with Crippen LogP contribution in [0.4, 0.5) is 10.1 Å². The zero-order valence-electron chi connectivity index (χ0n) is 17.7. The molecular formula is C27H26FN3. The molecule has 0 radical (unpaired) electrons. The minimum Gasteiger partial charge on any atom is -0.374 e. The molecule has 0 bridgehead atoms. The van der Waals surface area contributed by atoms with Crippen LogP contribution in [0.2, 0.25) is 0 Å². The second-order valence-corrected chi connectivity index (χ2v) is 7.38. The smallest absolute Gasteiger partial charge is 0.123 e. The highest BCUT2D eigenvalue weighted by molar-refractivity contribution is 5.85. The molecule has 1 heterocycles. The number of fused-ring (bicyclic) bond motifs is 1. The summed E-state index contributed by atoms with van der Waals surface area (Å²) in [6, 6.07) is 25.4. The van der Waals surface area contributed by atoms with Crippen LogP contribution in [0.15, 0.2) is 78.9 Å². The van der Waals surface area contributed by atoms with Crippen molar-refractivity contribution in [3.05, 3.63) is 102 Å². The van der Waals surface area contributed by atoms with Gasteiger partial charge in [0.25, 0.3) is 0 Å². The maximum atomic E-state index is 13.0. The molecular weight excluding hydrogens is 385 g/mol. The number of rotatable bonds is 7. The number of nitrogens with zero attached hydrogens (tertiary/aromatic N) is 1. The molecule has 0 aliphatic heterocycles. The highest BCUT2D eigenvalue weighted by Crippen LogP contribution is 2.23. The van der Waals surface area contributed by atoms with E-state index in [0.717, 1.165) is 31.0 Å². The molecule has 2 N–H and O–H groups in total.